The fourth-order valence-corrected chi connectivity index (χ4v) is 5.11. The molecule has 2 heterocycles. The van der Waals surface area contributed by atoms with Gasteiger partial charge in [0.25, 0.3) is 0 Å². The molecule has 150 valence electrons. The average Bonchev–Trinajstić information content (AvgIpc) is 2.99. The highest BCUT2D eigenvalue weighted by Gasteiger charge is 2.15. The van der Waals surface area contributed by atoms with Crippen LogP contribution in [0.5, 0.6) is 0 Å². The summed E-state index contributed by atoms with van der Waals surface area (Å²) in [5, 5.41) is 12.8. The number of sulfone groups is 1. The third-order valence-corrected chi connectivity index (χ3v) is 6.98. The Kier molecular flexibility index (Phi) is 6.08. The molecule has 8 nitrogen and oxygen atoms in total. The predicted molar refractivity (Wildman–Crippen MR) is 112 cm³/mol. The monoisotopic (exact) mass is 440 g/mol. The lowest BCUT2D eigenvalue weighted by Crippen LogP contribution is -2.20. The molecular formula is C17H20N4O4S3. The molecule has 0 radical (unpaired) electrons. The van der Waals surface area contributed by atoms with Gasteiger partial charge in [-0.2, -0.15) is 0 Å². The van der Waals surface area contributed by atoms with E-state index in [4.69, 9.17) is 0 Å². The van der Waals surface area contributed by atoms with E-state index < -0.39 is 9.84 Å². The summed E-state index contributed by atoms with van der Waals surface area (Å²) >= 11 is 2.39. The molecule has 1 atom stereocenters. The Balaban J connectivity index is 1.86. The number of nitrogens with one attached hydrogen (secondary N) is 2. The number of aliphatic hydroxyl groups is 1. The SMILES string of the molecule is Cc1cc(CSc2nc(NC(C)CO)c3sc(=O)[nH]c3n2)ccc1S(C)(=O)=O. The van der Waals surface area contributed by atoms with Crippen molar-refractivity contribution in [3.63, 3.8) is 0 Å². The Hall–Kier alpha value is -1.95. The summed E-state index contributed by atoms with van der Waals surface area (Å²) in [7, 11) is -3.25. The Labute approximate surface area is 170 Å². The Morgan fingerprint density at radius 2 is 2.11 bits per heavy atom. The molecule has 0 aliphatic carbocycles. The second kappa shape index (κ2) is 8.19. The van der Waals surface area contributed by atoms with E-state index in [2.05, 4.69) is 20.3 Å². The van der Waals surface area contributed by atoms with E-state index in [0.717, 1.165) is 16.9 Å². The second-order valence-corrected chi connectivity index (χ2v) is 10.3. The van der Waals surface area contributed by atoms with Crippen molar-refractivity contribution in [2.75, 3.05) is 18.2 Å². The van der Waals surface area contributed by atoms with Gasteiger partial charge in [0.05, 0.1) is 11.5 Å². The number of hydrogen-bond donors (Lipinski definition) is 3. The Bertz CT molecular complexity index is 1170. The topological polar surface area (TPSA) is 125 Å². The number of benzene rings is 1. The number of thiazole rings is 1. The van der Waals surface area contributed by atoms with Crippen molar-refractivity contribution in [2.45, 2.75) is 35.7 Å². The maximum absolute atomic E-state index is 11.7. The Morgan fingerprint density at radius 1 is 1.36 bits per heavy atom. The molecule has 11 heteroatoms. The number of H-pyrrole nitrogens is 1. The van der Waals surface area contributed by atoms with Gasteiger partial charge in [0, 0.05) is 18.1 Å². The van der Waals surface area contributed by atoms with Crippen molar-refractivity contribution in [2.24, 2.45) is 0 Å². The lowest BCUT2D eigenvalue weighted by Gasteiger charge is -2.12. The third-order valence-electron chi connectivity index (χ3n) is 3.92. The summed E-state index contributed by atoms with van der Waals surface area (Å²) in [6, 6.07) is 4.99. The van der Waals surface area contributed by atoms with Gasteiger partial charge in [0.1, 0.15) is 4.70 Å². The lowest BCUT2D eigenvalue weighted by molar-refractivity contribution is 0.281. The largest absolute Gasteiger partial charge is 0.394 e. The first-order valence-electron chi connectivity index (χ1n) is 8.38. The van der Waals surface area contributed by atoms with Crippen LogP contribution in [0.25, 0.3) is 10.3 Å². The van der Waals surface area contributed by atoms with Crippen LogP contribution in [0.2, 0.25) is 0 Å². The van der Waals surface area contributed by atoms with Gasteiger partial charge in [0.15, 0.2) is 26.5 Å². The van der Waals surface area contributed by atoms with Gasteiger partial charge in [-0.3, -0.25) is 9.78 Å². The van der Waals surface area contributed by atoms with Gasteiger partial charge in [-0.1, -0.05) is 35.2 Å². The van der Waals surface area contributed by atoms with Crippen LogP contribution in [0.15, 0.2) is 33.0 Å². The number of thioether (sulfide) groups is 1. The smallest absolute Gasteiger partial charge is 0.306 e. The molecule has 0 fully saturated rings. The first-order chi connectivity index (χ1) is 13.2. The number of hydrogen-bond acceptors (Lipinski definition) is 9. The number of anilines is 1. The van der Waals surface area contributed by atoms with Crippen LogP contribution >= 0.6 is 23.1 Å². The molecule has 0 aliphatic heterocycles. The van der Waals surface area contributed by atoms with Gasteiger partial charge in [-0.15, -0.1) is 0 Å². The van der Waals surface area contributed by atoms with Crippen molar-refractivity contribution in [3.05, 3.63) is 39.0 Å². The van der Waals surface area contributed by atoms with E-state index in [-0.39, 0.29) is 17.5 Å². The molecule has 1 aromatic carbocycles. The van der Waals surface area contributed by atoms with Crippen LogP contribution in [-0.2, 0) is 15.6 Å². The molecule has 3 rings (SSSR count). The van der Waals surface area contributed by atoms with Gasteiger partial charge in [-0.05, 0) is 31.0 Å². The fourth-order valence-electron chi connectivity index (χ4n) is 2.63. The van der Waals surface area contributed by atoms with Gasteiger partial charge in [0.2, 0.25) is 0 Å². The number of aromatic amines is 1. The normalized spacial score (nSPS) is 13.0. The average molecular weight is 441 g/mol. The molecule has 0 spiro atoms. The zero-order valence-corrected chi connectivity index (χ0v) is 18.0. The maximum atomic E-state index is 11.7. The molecule has 28 heavy (non-hydrogen) atoms. The molecule has 0 aliphatic rings. The standard InChI is InChI=1S/C17H20N4O4S3/c1-9-6-11(4-5-12(9)28(3,24)25)8-26-16-19-14(18-10(2)7-22)13-15(20-16)21-17(23)27-13/h4-6,10,22H,7-8H2,1-3H3,(H2,18,19,20,21,23). The zero-order valence-electron chi connectivity index (χ0n) is 15.5. The molecule has 0 saturated heterocycles. The molecule has 0 bridgehead atoms. The molecule has 2 aromatic heterocycles. The number of nitrogens with zero attached hydrogens (tertiary/aromatic N) is 2. The minimum Gasteiger partial charge on any atom is -0.394 e. The van der Waals surface area contributed by atoms with Gasteiger partial charge < -0.3 is 10.4 Å². The maximum Gasteiger partial charge on any atom is 0.306 e. The summed E-state index contributed by atoms with van der Waals surface area (Å²) in [5.74, 6) is 1.04. The fraction of sp³-hybridized carbons (Fsp3) is 0.353. The van der Waals surface area contributed by atoms with E-state index in [1.54, 1.807) is 19.1 Å². The highest BCUT2D eigenvalue weighted by molar-refractivity contribution is 7.98. The van der Waals surface area contributed by atoms with Crippen LogP contribution in [-0.4, -0.2) is 47.4 Å². The predicted octanol–water partition coefficient (Wildman–Crippen LogP) is 2.18. The highest BCUT2D eigenvalue weighted by atomic mass is 32.2. The number of rotatable bonds is 7. The first-order valence-corrected chi connectivity index (χ1v) is 12.1. The van der Waals surface area contributed by atoms with Crippen LogP contribution < -0.4 is 10.2 Å². The van der Waals surface area contributed by atoms with Crippen molar-refractivity contribution in [3.8, 4) is 0 Å². The van der Waals surface area contributed by atoms with E-state index in [9.17, 15) is 18.3 Å². The van der Waals surface area contributed by atoms with Crippen LogP contribution in [0.4, 0.5) is 5.82 Å². The van der Waals surface area contributed by atoms with Crippen molar-refractivity contribution in [1.82, 2.24) is 15.0 Å². The molecule has 0 saturated carbocycles. The third kappa shape index (κ3) is 4.72. The molecule has 3 N–H and O–H groups in total. The molecule has 3 aromatic rings. The van der Waals surface area contributed by atoms with E-state index >= 15 is 0 Å². The lowest BCUT2D eigenvalue weighted by atomic mass is 10.2. The number of aryl methyl sites for hydroxylation is 1. The molecular weight excluding hydrogens is 420 g/mol. The summed E-state index contributed by atoms with van der Waals surface area (Å²) in [6.07, 6.45) is 1.19. The number of aliphatic hydroxyl groups excluding tert-OH is 1. The minimum atomic E-state index is -3.25. The summed E-state index contributed by atoms with van der Waals surface area (Å²) in [5.41, 5.74) is 2.08. The molecule has 0 amide bonds. The summed E-state index contributed by atoms with van der Waals surface area (Å²) in [6.45, 7) is 3.50. The highest BCUT2D eigenvalue weighted by Crippen LogP contribution is 2.28. The van der Waals surface area contributed by atoms with E-state index in [1.807, 2.05) is 13.0 Å². The summed E-state index contributed by atoms with van der Waals surface area (Å²) < 4.78 is 24.1. The minimum absolute atomic E-state index is 0.0702. The number of fused-ring (bicyclic) bond motifs is 1. The van der Waals surface area contributed by atoms with Crippen LogP contribution in [0, 0.1) is 6.92 Å². The van der Waals surface area contributed by atoms with Crippen LogP contribution in [0.3, 0.4) is 0 Å². The summed E-state index contributed by atoms with van der Waals surface area (Å²) in [4.78, 5) is 23.4. The van der Waals surface area contributed by atoms with Crippen LogP contribution in [0.1, 0.15) is 18.1 Å². The zero-order chi connectivity index (χ0) is 20.5. The second-order valence-electron chi connectivity index (χ2n) is 6.44. The van der Waals surface area contributed by atoms with Gasteiger partial charge >= 0.3 is 4.87 Å². The molecule has 1 unspecified atom stereocenters. The quantitative estimate of drug-likeness (QED) is 0.377. The van der Waals surface area contributed by atoms with E-state index in [0.29, 0.717) is 37.5 Å². The van der Waals surface area contributed by atoms with Crippen molar-refractivity contribution >= 4 is 49.1 Å². The Morgan fingerprint density at radius 3 is 2.75 bits per heavy atom. The van der Waals surface area contributed by atoms with E-state index in [1.165, 1.54) is 18.0 Å². The van der Waals surface area contributed by atoms with Crippen molar-refractivity contribution < 1.29 is 13.5 Å². The number of aromatic nitrogens is 3. The first kappa shape index (κ1) is 20.8. The van der Waals surface area contributed by atoms with Crippen molar-refractivity contribution in [1.29, 1.82) is 0 Å². The van der Waals surface area contributed by atoms with Gasteiger partial charge in [-0.25, -0.2) is 18.4 Å².